The predicted molar refractivity (Wildman–Crippen MR) is 103 cm³/mol. The van der Waals surface area contributed by atoms with Gasteiger partial charge in [0.1, 0.15) is 5.82 Å². The fourth-order valence-corrected chi connectivity index (χ4v) is 2.37. The van der Waals surface area contributed by atoms with E-state index in [1.54, 1.807) is 31.3 Å². The first-order valence-electron chi connectivity index (χ1n) is 8.30. The molecule has 0 fully saturated rings. The van der Waals surface area contributed by atoms with Crippen LogP contribution in [0.15, 0.2) is 47.2 Å². The molecule has 0 amide bonds. The molecule has 170 valence electrons. The van der Waals surface area contributed by atoms with Crippen molar-refractivity contribution in [3.63, 3.8) is 0 Å². The highest BCUT2D eigenvalue weighted by Gasteiger charge is 2.31. The summed E-state index contributed by atoms with van der Waals surface area (Å²) in [4.78, 5) is 5.00. The van der Waals surface area contributed by atoms with E-state index < -0.39 is 48.8 Å². The van der Waals surface area contributed by atoms with Crippen molar-refractivity contribution in [3.8, 4) is 11.6 Å². The van der Waals surface area contributed by atoms with Gasteiger partial charge >= 0.3 is 12.4 Å². The van der Waals surface area contributed by atoms with E-state index in [-0.39, 0.29) is 5.82 Å². The molecule has 0 radical (unpaired) electrons. The lowest BCUT2D eigenvalue weighted by molar-refractivity contribution is -0.154. The van der Waals surface area contributed by atoms with Gasteiger partial charge in [-0.25, -0.2) is 0 Å². The fourth-order valence-electron chi connectivity index (χ4n) is 2.10. The first-order valence-corrected chi connectivity index (χ1v) is 9.09. The second-order valence-electron chi connectivity index (χ2n) is 6.04. The lowest BCUT2D eigenvalue weighted by atomic mass is 10.3. The normalized spacial score (nSPS) is 11.8. The fraction of sp³-hybridized carbons (Fsp3) is 0.278. The molecule has 5 nitrogen and oxygen atoms in total. The molecule has 0 saturated carbocycles. The monoisotopic (exact) mass is 517 g/mol. The van der Waals surface area contributed by atoms with Crippen molar-refractivity contribution in [3.05, 3.63) is 53.0 Å². The van der Waals surface area contributed by atoms with Gasteiger partial charge in [-0.15, -0.1) is 0 Å². The number of nitrogens with one attached hydrogen (secondary N) is 1. The standard InChI is InChI=1S/C18H15BrF7N3O2/c1-10(29(2)12-5-3-11(19)4-6-12)27-16-15(20)13(30-8-17(21,22)23)7-14(28-16)31-9-18(24,25)26/h3-7H,1,8-9H2,2H3,(H,27,28). The number of alkyl halides is 6. The minimum absolute atomic E-state index is 0.0171. The van der Waals surface area contributed by atoms with Crippen LogP contribution in [0, 0.1) is 5.82 Å². The highest BCUT2D eigenvalue weighted by Crippen LogP contribution is 2.31. The Morgan fingerprint density at radius 1 is 1.06 bits per heavy atom. The molecule has 0 saturated heterocycles. The Morgan fingerprint density at radius 2 is 1.61 bits per heavy atom. The van der Waals surface area contributed by atoms with Crippen molar-refractivity contribution in [2.45, 2.75) is 12.4 Å². The Kier molecular flexibility index (Phi) is 7.63. The molecule has 0 aliphatic rings. The van der Waals surface area contributed by atoms with Gasteiger partial charge in [-0.3, -0.25) is 0 Å². The first-order chi connectivity index (χ1) is 14.2. The van der Waals surface area contributed by atoms with E-state index in [1.165, 1.54) is 4.90 Å². The average Bonchev–Trinajstić information content (AvgIpc) is 2.66. The predicted octanol–water partition coefficient (Wildman–Crippen LogP) is 5.88. The Bertz CT molecular complexity index is 918. The number of benzene rings is 1. The van der Waals surface area contributed by atoms with Crippen LogP contribution >= 0.6 is 15.9 Å². The van der Waals surface area contributed by atoms with Gasteiger partial charge in [0.2, 0.25) is 11.7 Å². The van der Waals surface area contributed by atoms with E-state index in [4.69, 9.17) is 0 Å². The molecule has 1 aromatic carbocycles. The van der Waals surface area contributed by atoms with Crippen LogP contribution in [0.3, 0.4) is 0 Å². The summed E-state index contributed by atoms with van der Waals surface area (Å²) in [7, 11) is 1.54. The maximum Gasteiger partial charge on any atom is 0.422 e. The Labute approximate surface area is 180 Å². The molecule has 2 rings (SSSR count). The molecular weight excluding hydrogens is 503 g/mol. The highest BCUT2D eigenvalue weighted by molar-refractivity contribution is 9.10. The Balaban J connectivity index is 2.29. The second-order valence-corrected chi connectivity index (χ2v) is 6.95. The van der Waals surface area contributed by atoms with Gasteiger partial charge in [0.05, 0.1) is 0 Å². The van der Waals surface area contributed by atoms with Crippen molar-refractivity contribution in [2.24, 2.45) is 0 Å². The first kappa shape index (κ1) is 24.6. The van der Waals surface area contributed by atoms with Crippen LogP contribution in [0.1, 0.15) is 0 Å². The van der Waals surface area contributed by atoms with Crippen molar-refractivity contribution in [2.75, 3.05) is 30.5 Å². The van der Waals surface area contributed by atoms with Crippen LogP contribution in [0.25, 0.3) is 0 Å². The largest absolute Gasteiger partial charge is 0.481 e. The zero-order valence-electron chi connectivity index (χ0n) is 15.7. The van der Waals surface area contributed by atoms with Crippen molar-refractivity contribution < 1.29 is 40.2 Å². The summed E-state index contributed by atoms with van der Waals surface area (Å²) in [5, 5.41) is 2.41. The number of anilines is 2. The quantitative estimate of drug-likeness (QED) is 0.443. The Hall–Kier alpha value is -2.70. The molecular formula is C18H15BrF7N3O2. The number of aromatic nitrogens is 1. The average molecular weight is 518 g/mol. The van der Waals surface area contributed by atoms with E-state index in [1.807, 2.05) is 0 Å². The van der Waals surface area contributed by atoms with E-state index in [9.17, 15) is 30.7 Å². The lowest BCUT2D eigenvalue weighted by Gasteiger charge is -2.23. The number of hydrogen-bond acceptors (Lipinski definition) is 5. The van der Waals surface area contributed by atoms with Gasteiger partial charge in [0.25, 0.3) is 0 Å². The summed E-state index contributed by atoms with van der Waals surface area (Å²) in [6.07, 6.45) is -9.55. The maximum atomic E-state index is 14.6. The molecule has 0 aliphatic carbocycles. The topological polar surface area (TPSA) is 46.6 Å². The second kappa shape index (κ2) is 9.62. The summed E-state index contributed by atoms with van der Waals surface area (Å²) in [5.74, 6) is -3.87. The zero-order chi connectivity index (χ0) is 23.4. The van der Waals surface area contributed by atoms with Gasteiger partial charge in [0.15, 0.2) is 24.8 Å². The van der Waals surface area contributed by atoms with Crippen LogP contribution in [-0.2, 0) is 0 Å². The summed E-state index contributed by atoms with van der Waals surface area (Å²) < 4.78 is 98.7. The van der Waals surface area contributed by atoms with Crippen LogP contribution in [0.2, 0.25) is 0 Å². The number of halogens is 8. The molecule has 1 heterocycles. The minimum Gasteiger partial charge on any atom is -0.481 e. The van der Waals surface area contributed by atoms with Crippen molar-refractivity contribution in [1.82, 2.24) is 4.98 Å². The van der Waals surface area contributed by atoms with E-state index in [2.05, 4.69) is 42.3 Å². The molecule has 0 aliphatic heterocycles. The molecule has 1 aromatic heterocycles. The van der Waals surface area contributed by atoms with Crippen LogP contribution in [0.4, 0.5) is 42.2 Å². The van der Waals surface area contributed by atoms with Crippen molar-refractivity contribution in [1.29, 1.82) is 0 Å². The van der Waals surface area contributed by atoms with E-state index in [0.29, 0.717) is 11.8 Å². The molecule has 0 bridgehead atoms. The summed E-state index contributed by atoms with van der Waals surface area (Å²) in [6.45, 7) is 0.0171. The lowest BCUT2D eigenvalue weighted by Crippen LogP contribution is -2.24. The maximum absolute atomic E-state index is 14.6. The third-order valence-electron chi connectivity index (χ3n) is 3.56. The van der Waals surface area contributed by atoms with E-state index in [0.717, 1.165) is 4.47 Å². The molecule has 1 N–H and O–H groups in total. The summed E-state index contributed by atoms with van der Waals surface area (Å²) >= 11 is 3.26. The number of hydrogen-bond donors (Lipinski definition) is 1. The highest BCUT2D eigenvalue weighted by atomic mass is 79.9. The third-order valence-corrected chi connectivity index (χ3v) is 4.09. The SMILES string of the molecule is C=C(Nc1nc(OCC(F)(F)F)cc(OCC(F)(F)F)c1F)N(C)c1ccc(Br)cc1. The molecule has 13 heteroatoms. The molecule has 31 heavy (non-hydrogen) atoms. The van der Waals surface area contributed by atoms with Gasteiger partial charge < -0.3 is 19.7 Å². The Morgan fingerprint density at radius 3 is 2.16 bits per heavy atom. The number of pyridine rings is 1. The van der Waals surface area contributed by atoms with Crippen LogP contribution < -0.4 is 19.7 Å². The molecule has 0 spiro atoms. The number of nitrogens with zero attached hydrogens (tertiary/aromatic N) is 2. The summed E-state index contributed by atoms with van der Waals surface area (Å²) in [5.41, 5.74) is 0.596. The number of rotatable bonds is 8. The molecule has 0 atom stereocenters. The van der Waals surface area contributed by atoms with Gasteiger partial charge in [0, 0.05) is 23.3 Å². The zero-order valence-corrected chi connectivity index (χ0v) is 17.3. The smallest absolute Gasteiger partial charge is 0.422 e. The summed E-state index contributed by atoms with van der Waals surface area (Å²) in [6, 6.07) is 7.29. The van der Waals surface area contributed by atoms with Gasteiger partial charge in [-0.1, -0.05) is 22.5 Å². The van der Waals surface area contributed by atoms with E-state index >= 15 is 0 Å². The number of ether oxygens (including phenoxy) is 2. The molecule has 0 unspecified atom stereocenters. The van der Waals surface area contributed by atoms with Crippen molar-refractivity contribution >= 4 is 27.4 Å². The van der Waals surface area contributed by atoms with Crippen LogP contribution in [0.5, 0.6) is 11.6 Å². The minimum atomic E-state index is -4.80. The van der Waals surface area contributed by atoms with Gasteiger partial charge in [-0.2, -0.15) is 35.7 Å². The molecule has 2 aromatic rings. The van der Waals surface area contributed by atoms with Gasteiger partial charge in [-0.05, 0) is 24.3 Å². The third kappa shape index (κ3) is 7.81. The van der Waals surface area contributed by atoms with Crippen LogP contribution in [-0.4, -0.2) is 37.6 Å².